The molecule has 1 aliphatic carbocycles. The van der Waals surface area contributed by atoms with Crippen molar-refractivity contribution < 1.29 is 0 Å². The minimum atomic E-state index is 0.361. The summed E-state index contributed by atoms with van der Waals surface area (Å²) in [6, 6.07) is 11.7. The van der Waals surface area contributed by atoms with Crippen LogP contribution in [-0.4, -0.2) is 27.5 Å². The van der Waals surface area contributed by atoms with E-state index in [0.29, 0.717) is 12.1 Å². The largest absolute Gasteiger partial charge is 0.368 e. The summed E-state index contributed by atoms with van der Waals surface area (Å²) in [4.78, 5) is 11.9. The summed E-state index contributed by atoms with van der Waals surface area (Å²) in [7, 11) is 0. The zero-order chi connectivity index (χ0) is 17.2. The molecule has 1 aromatic carbocycles. The van der Waals surface area contributed by atoms with Crippen LogP contribution in [0.4, 0.5) is 5.82 Å². The first-order chi connectivity index (χ1) is 12.3. The number of nitrogens with zero attached hydrogens (tertiary/aromatic N) is 3. The SMILES string of the molecule is CC[C@@H]1CNc2ncnc3c2[C@@H](CCC=C3C)N1Cc1ccccc1. The van der Waals surface area contributed by atoms with Crippen molar-refractivity contribution in [3.63, 3.8) is 0 Å². The molecule has 0 bridgehead atoms. The van der Waals surface area contributed by atoms with Gasteiger partial charge in [0.1, 0.15) is 12.1 Å². The van der Waals surface area contributed by atoms with E-state index in [1.54, 1.807) is 6.33 Å². The van der Waals surface area contributed by atoms with Crippen LogP contribution in [0.25, 0.3) is 5.57 Å². The zero-order valence-corrected chi connectivity index (χ0v) is 15.1. The third kappa shape index (κ3) is 3.07. The Labute approximate surface area is 150 Å². The van der Waals surface area contributed by atoms with Gasteiger partial charge in [0.15, 0.2) is 0 Å². The van der Waals surface area contributed by atoms with Crippen LogP contribution in [-0.2, 0) is 6.54 Å². The second-order valence-electron chi connectivity index (χ2n) is 7.07. The van der Waals surface area contributed by atoms with Crippen molar-refractivity contribution in [2.45, 2.75) is 51.7 Å². The Morgan fingerprint density at radius 2 is 2.04 bits per heavy atom. The minimum Gasteiger partial charge on any atom is -0.368 e. The Balaban J connectivity index is 1.79. The third-order valence-electron chi connectivity index (χ3n) is 5.53. The molecule has 2 aromatic rings. The Kier molecular flexibility index (Phi) is 4.53. The highest BCUT2D eigenvalue weighted by Gasteiger charge is 2.35. The summed E-state index contributed by atoms with van der Waals surface area (Å²) >= 11 is 0. The Hall–Kier alpha value is -2.20. The number of rotatable bonds is 3. The molecule has 4 rings (SSSR count). The Morgan fingerprint density at radius 3 is 2.84 bits per heavy atom. The van der Waals surface area contributed by atoms with Gasteiger partial charge in [-0.05, 0) is 37.3 Å². The first-order valence-electron chi connectivity index (χ1n) is 9.33. The van der Waals surface area contributed by atoms with Gasteiger partial charge in [0, 0.05) is 30.7 Å². The van der Waals surface area contributed by atoms with Crippen LogP contribution in [0.3, 0.4) is 0 Å². The van der Waals surface area contributed by atoms with E-state index >= 15 is 0 Å². The van der Waals surface area contributed by atoms with E-state index in [2.05, 4.69) is 70.4 Å². The van der Waals surface area contributed by atoms with Gasteiger partial charge in [-0.1, -0.05) is 43.3 Å². The number of hydrogen-bond acceptors (Lipinski definition) is 4. The highest BCUT2D eigenvalue weighted by molar-refractivity contribution is 5.69. The average Bonchev–Trinajstić information content (AvgIpc) is 2.90. The van der Waals surface area contributed by atoms with Crippen molar-refractivity contribution in [1.29, 1.82) is 0 Å². The fraction of sp³-hybridized carbons (Fsp3) is 0.429. The highest BCUT2D eigenvalue weighted by atomic mass is 15.2. The topological polar surface area (TPSA) is 41.1 Å². The Morgan fingerprint density at radius 1 is 1.20 bits per heavy atom. The predicted molar refractivity (Wildman–Crippen MR) is 102 cm³/mol. The molecule has 0 fully saturated rings. The number of nitrogens with one attached hydrogen (secondary N) is 1. The maximum Gasteiger partial charge on any atom is 0.134 e. The molecule has 1 aliphatic heterocycles. The summed E-state index contributed by atoms with van der Waals surface area (Å²) in [5, 5.41) is 3.61. The first-order valence-corrected chi connectivity index (χ1v) is 9.33. The van der Waals surface area contributed by atoms with Gasteiger partial charge in [-0.2, -0.15) is 0 Å². The second kappa shape index (κ2) is 6.96. The van der Waals surface area contributed by atoms with Crippen molar-refractivity contribution >= 4 is 11.4 Å². The van der Waals surface area contributed by atoms with Gasteiger partial charge in [0.05, 0.1) is 5.69 Å². The number of benzene rings is 1. The molecule has 25 heavy (non-hydrogen) atoms. The van der Waals surface area contributed by atoms with Crippen LogP contribution in [0, 0.1) is 0 Å². The summed E-state index contributed by atoms with van der Waals surface area (Å²) in [6.45, 7) is 6.37. The normalized spacial score (nSPS) is 23.0. The van der Waals surface area contributed by atoms with Crippen molar-refractivity contribution in [1.82, 2.24) is 14.9 Å². The number of hydrogen-bond donors (Lipinski definition) is 1. The van der Waals surface area contributed by atoms with Crippen molar-refractivity contribution in [2.24, 2.45) is 0 Å². The van der Waals surface area contributed by atoms with Crippen LogP contribution < -0.4 is 5.32 Å². The molecule has 1 N–H and O–H groups in total. The van der Waals surface area contributed by atoms with E-state index in [1.807, 2.05) is 0 Å². The minimum absolute atomic E-state index is 0.361. The number of aromatic nitrogens is 2. The quantitative estimate of drug-likeness (QED) is 0.902. The molecule has 1 aromatic heterocycles. The maximum absolute atomic E-state index is 4.64. The molecule has 0 unspecified atom stereocenters. The smallest absolute Gasteiger partial charge is 0.134 e. The molecule has 4 nitrogen and oxygen atoms in total. The van der Waals surface area contributed by atoms with E-state index < -0.39 is 0 Å². The molecule has 2 aliphatic rings. The molecule has 0 amide bonds. The van der Waals surface area contributed by atoms with E-state index in [-0.39, 0.29) is 0 Å². The van der Waals surface area contributed by atoms with Crippen LogP contribution >= 0.6 is 0 Å². The van der Waals surface area contributed by atoms with E-state index in [9.17, 15) is 0 Å². The van der Waals surface area contributed by atoms with Gasteiger partial charge in [0.25, 0.3) is 0 Å². The Bertz CT molecular complexity index is 769. The van der Waals surface area contributed by atoms with Gasteiger partial charge < -0.3 is 5.32 Å². The summed E-state index contributed by atoms with van der Waals surface area (Å²) in [6.07, 6.45) is 7.37. The van der Waals surface area contributed by atoms with Crippen LogP contribution in [0.2, 0.25) is 0 Å². The van der Waals surface area contributed by atoms with Crippen molar-refractivity contribution in [3.8, 4) is 0 Å². The molecule has 130 valence electrons. The fourth-order valence-electron chi connectivity index (χ4n) is 4.20. The van der Waals surface area contributed by atoms with Crippen molar-refractivity contribution in [3.05, 3.63) is 59.6 Å². The first kappa shape index (κ1) is 16.3. The zero-order valence-electron chi connectivity index (χ0n) is 15.1. The summed E-state index contributed by atoms with van der Waals surface area (Å²) in [5.41, 5.74) is 5.06. The van der Waals surface area contributed by atoms with Gasteiger partial charge in [-0.25, -0.2) is 9.97 Å². The van der Waals surface area contributed by atoms with E-state index in [4.69, 9.17) is 0 Å². The lowest BCUT2D eigenvalue weighted by molar-refractivity contribution is 0.124. The molecule has 0 radical (unpaired) electrons. The van der Waals surface area contributed by atoms with E-state index in [1.165, 1.54) is 16.7 Å². The monoisotopic (exact) mass is 334 g/mol. The second-order valence-corrected chi connectivity index (χ2v) is 7.07. The molecule has 2 heterocycles. The molecule has 2 atom stereocenters. The van der Waals surface area contributed by atoms with Gasteiger partial charge in [-0.3, -0.25) is 4.90 Å². The predicted octanol–water partition coefficient (Wildman–Crippen LogP) is 4.42. The lowest BCUT2D eigenvalue weighted by Gasteiger charge is -2.36. The molecular formula is C21H26N4. The molecule has 0 spiro atoms. The van der Waals surface area contributed by atoms with Gasteiger partial charge in [-0.15, -0.1) is 0 Å². The lowest BCUT2D eigenvalue weighted by atomic mass is 9.98. The summed E-state index contributed by atoms with van der Waals surface area (Å²) < 4.78 is 0. The summed E-state index contributed by atoms with van der Waals surface area (Å²) in [5.74, 6) is 1.03. The van der Waals surface area contributed by atoms with Gasteiger partial charge >= 0.3 is 0 Å². The molecular weight excluding hydrogens is 308 g/mol. The molecule has 0 saturated carbocycles. The molecule has 4 heteroatoms. The fourth-order valence-corrected chi connectivity index (χ4v) is 4.20. The highest BCUT2D eigenvalue weighted by Crippen LogP contribution is 2.41. The van der Waals surface area contributed by atoms with Crippen LogP contribution in [0.15, 0.2) is 42.7 Å². The van der Waals surface area contributed by atoms with Crippen molar-refractivity contribution in [2.75, 3.05) is 11.9 Å². The van der Waals surface area contributed by atoms with Crippen LogP contribution in [0.1, 0.15) is 56.0 Å². The third-order valence-corrected chi connectivity index (χ3v) is 5.53. The number of anilines is 1. The standard InChI is InChI=1S/C21H26N4/c1-3-17-12-22-21-19-18(25(17)13-16-9-5-4-6-10-16)11-7-8-15(2)20(19)23-14-24-21/h4-6,8-10,14,17-18H,3,7,11-13H2,1-2H3,(H,22,23,24)/t17-,18-/m1/s1. The average molecular weight is 334 g/mol. The maximum atomic E-state index is 4.64. The van der Waals surface area contributed by atoms with E-state index in [0.717, 1.165) is 43.9 Å². The lowest BCUT2D eigenvalue weighted by Crippen LogP contribution is -2.39. The van der Waals surface area contributed by atoms with Gasteiger partial charge in [0.2, 0.25) is 0 Å². The molecule has 0 saturated heterocycles. The van der Waals surface area contributed by atoms with Crippen LogP contribution in [0.5, 0.6) is 0 Å². The number of allylic oxidation sites excluding steroid dienone is 2.